The first-order chi connectivity index (χ1) is 14.5. The zero-order valence-electron chi connectivity index (χ0n) is 16.8. The monoisotopic (exact) mass is 408 g/mol. The molecule has 0 bridgehead atoms. The Hall–Kier alpha value is -3.35. The summed E-state index contributed by atoms with van der Waals surface area (Å²) in [6, 6.07) is 23.0. The molecule has 3 aromatic carbocycles. The summed E-state index contributed by atoms with van der Waals surface area (Å²) in [6.07, 6.45) is -1.83. The Morgan fingerprint density at radius 2 is 1.40 bits per heavy atom. The fourth-order valence-corrected chi connectivity index (χ4v) is 3.44. The van der Waals surface area contributed by atoms with Gasteiger partial charge in [-0.05, 0) is 28.8 Å². The Morgan fingerprint density at radius 1 is 0.867 bits per heavy atom. The van der Waals surface area contributed by atoms with Crippen LogP contribution < -0.4 is 9.47 Å². The SMILES string of the molecule is COc1ccc(COC(c2ccccc2)(c2ccccc2)C(O)C(=O)O)cc1OC. The van der Waals surface area contributed by atoms with Gasteiger partial charge in [-0.25, -0.2) is 4.79 Å². The average molecular weight is 408 g/mol. The van der Waals surface area contributed by atoms with Crippen LogP contribution in [0.3, 0.4) is 0 Å². The van der Waals surface area contributed by atoms with E-state index in [1.165, 1.54) is 7.11 Å². The van der Waals surface area contributed by atoms with E-state index >= 15 is 0 Å². The molecule has 6 heteroatoms. The maximum absolute atomic E-state index is 11.9. The number of hydrogen-bond acceptors (Lipinski definition) is 5. The molecule has 3 aromatic rings. The Labute approximate surface area is 175 Å². The van der Waals surface area contributed by atoms with E-state index in [0.29, 0.717) is 22.6 Å². The van der Waals surface area contributed by atoms with Crippen LogP contribution in [0.2, 0.25) is 0 Å². The van der Waals surface area contributed by atoms with E-state index in [-0.39, 0.29) is 6.61 Å². The molecular formula is C24H24O6. The summed E-state index contributed by atoms with van der Waals surface area (Å²) in [5.41, 5.74) is 0.196. The fourth-order valence-electron chi connectivity index (χ4n) is 3.44. The largest absolute Gasteiger partial charge is 0.493 e. The van der Waals surface area contributed by atoms with Crippen LogP contribution >= 0.6 is 0 Å². The van der Waals surface area contributed by atoms with Gasteiger partial charge in [0.1, 0.15) is 0 Å². The highest BCUT2D eigenvalue weighted by Gasteiger charge is 2.46. The highest BCUT2D eigenvalue weighted by atomic mass is 16.5. The van der Waals surface area contributed by atoms with Gasteiger partial charge < -0.3 is 24.4 Å². The molecule has 0 saturated carbocycles. The summed E-state index contributed by atoms with van der Waals surface area (Å²) in [5, 5.41) is 20.6. The van der Waals surface area contributed by atoms with Gasteiger partial charge in [0, 0.05) is 0 Å². The van der Waals surface area contributed by atoms with Crippen molar-refractivity contribution in [3.63, 3.8) is 0 Å². The molecule has 0 radical (unpaired) electrons. The Kier molecular flexibility index (Phi) is 6.72. The quantitative estimate of drug-likeness (QED) is 0.563. The van der Waals surface area contributed by atoms with E-state index < -0.39 is 17.7 Å². The molecular weight excluding hydrogens is 384 g/mol. The number of hydrogen-bond donors (Lipinski definition) is 2. The number of carboxylic acids is 1. The first-order valence-electron chi connectivity index (χ1n) is 9.39. The zero-order valence-corrected chi connectivity index (χ0v) is 16.8. The van der Waals surface area contributed by atoms with Crippen LogP contribution in [-0.2, 0) is 21.7 Å². The molecule has 2 N–H and O–H groups in total. The number of ether oxygens (including phenoxy) is 3. The Bertz CT molecular complexity index is 932. The van der Waals surface area contributed by atoms with E-state index in [2.05, 4.69) is 0 Å². The summed E-state index contributed by atoms with van der Waals surface area (Å²) in [5.74, 6) is -0.276. The van der Waals surface area contributed by atoms with Crippen molar-refractivity contribution in [2.75, 3.05) is 14.2 Å². The standard InChI is InChI=1S/C24H24O6/c1-28-20-14-13-17(15-21(20)29-2)16-30-24(22(25)23(26)27,18-9-5-3-6-10-18)19-11-7-4-8-12-19/h3-15,22,25H,16H2,1-2H3,(H,26,27). The molecule has 0 aromatic heterocycles. The lowest BCUT2D eigenvalue weighted by Crippen LogP contribution is -2.47. The number of carboxylic acid groups (broad SMARTS) is 1. The molecule has 1 atom stereocenters. The molecule has 0 heterocycles. The van der Waals surface area contributed by atoms with Crippen LogP contribution in [0, 0.1) is 0 Å². The molecule has 1 unspecified atom stereocenters. The van der Waals surface area contributed by atoms with Gasteiger partial charge in [0.05, 0.1) is 20.8 Å². The summed E-state index contributed by atoms with van der Waals surface area (Å²) >= 11 is 0. The van der Waals surface area contributed by atoms with E-state index in [4.69, 9.17) is 14.2 Å². The molecule has 0 saturated heterocycles. The summed E-state index contributed by atoms with van der Waals surface area (Å²) in [7, 11) is 3.09. The number of carbonyl (C=O) groups is 1. The Balaban J connectivity index is 2.08. The van der Waals surface area contributed by atoms with E-state index in [9.17, 15) is 15.0 Å². The first-order valence-corrected chi connectivity index (χ1v) is 9.39. The molecule has 30 heavy (non-hydrogen) atoms. The van der Waals surface area contributed by atoms with Gasteiger partial charge in [-0.3, -0.25) is 0 Å². The normalized spacial score (nSPS) is 12.2. The van der Waals surface area contributed by atoms with Crippen LogP contribution in [0.5, 0.6) is 11.5 Å². The van der Waals surface area contributed by atoms with Crippen LogP contribution in [0.4, 0.5) is 0 Å². The molecule has 0 aliphatic rings. The summed E-state index contributed by atoms with van der Waals surface area (Å²) in [6.45, 7) is 0.0362. The van der Waals surface area contributed by atoms with Crippen molar-refractivity contribution < 1.29 is 29.2 Å². The minimum Gasteiger partial charge on any atom is -0.493 e. The van der Waals surface area contributed by atoms with Gasteiger partial charge in [-0.2, -0.15) is 0 Å². The lowest BCUT2D eigenvalue weighted by Gasteiger charge is -2.37. The molecule has 0 fully saturated rings. The number of aliphatic carboxylic acids is 1. The molecule has 0 amide bonds. The van der Waals surface area contributed by atoms with Crippen molar-refractivity contribution in [3.8, 4) is 11.5 Å². The van der Waals surface area contributed by atoms with Crippen molar-refractivity contribution in [3.05, 3.63) is 95.6 Å². The molecule has 3 rings (SSSR count). The predicted octanol–water partition coefficient (Wildman–Crippen LogP) is 3.61. The van der Waals surface area contributed by atoms with Crippen molar-refractivity contribution in [1.29, 1.82) is 0 Å². The number of aliphatic hydroxyl groups excluding tert-OH is 1. The van der Waals surface area contributed by atoms with Gasteiger partial charge in [0.15, 0.2) is 23.2 Å². The number of benzene rings is 3. The van der Waals surface area contributed by atoms with Crippen molar-refractivity contribution in [2.45, 2.75) is 18.3 Å². The van der Waals surface area contributed by atoms with E-state index in [1.54, 1.807) is 73.8 Å². The van der Waals surface area contributed by atoms with Gasteiger partial charge >= 0.3 is 5.97 Å². The maximum Gasteiger partial charge on any atom is 0.336 e. The van der Waals surface area contributed by atoms with Gasteiger partial charge in [0.25, 0.3) is 0 Å². The third kappa shape index (κ3) is 4.15. The van der Waals surface area contributed by atoms with Crippen molar-refractivity contribution in [1.82, 2.24) is 0 Å². The highest BCUT2D eigenvalue weighted by Crippen LogP contribution is 2.39. The van der Waals surface area contributed by atoms with Gasteiger partial charge in [-0.1, -0.05) is 66.7 Å². The summed E-state index contributed by atoms with van der Waals surface area (Å²) in [4.78, 5) is 11.9. The van der Waals surface area contributed by atoms with Crippen molar-refractivity contribution >= 4 is 5.97 Å². The van der Waals surface area contributed by atoms with Crippen LogP contribution in [0.15, 0.2) is 78.9 Å². The number of rotatable bonds is 9. The molecule has 0 aliphatic carbocycles. The Morgan fingerprint density at radius 3 is 1.87 bits per heavy atom. The lowest BCUT2D eigenvalue weighted by atomic mass is 9.81. The second-order valence-electron chi connectivity index (χ2n) is 6.69. The third-order valence-electron chi connectivity index (χ3n) is 4.94. The van der Waals surface area contributed by atoms with Crippen molar-refractivity contribution in [2.24, 2.45) is 0 Å². The van der Waals surface area contributed by atoms with Crippen LogP contribution in [0.1, 0.15) is 16.7 Å². The molecule has 0 aliphatic heterocycles. The van der Waals surface area contributed by atoms with Gasteiger partial charge in [-0.15, -0.1) is 0 Å². The van der Waals surface area contributed by atoms with Gasteiger partial charge in [0.2, 0.25) is 0 Å². The fraction of sp³-hybridized carbons (Fsp3) is 0.208. The highest BCUT2D eigenvalue weighted by molar-refractivity contribution is 5.75. The number of aliphatic hydroxyl groups is 1. The topological polar surface area (TPSA) is 85.2 Å². The first kappa shape index (κ1) is 21.4. The van der Waals surface area contributed by atoms with E-state index in [0.717, 1.165) is 5.56 Å². The van der Waals surface area contributed by atoms with Crippen LogP contribution in [-0.4, -0.2) is 36.5 Å². The zero-order chi connectivity index (χ0) is 21.6. The third-order valence-corrected chi connectivity index (χ3v) is 4.94. The second-order valence-corrected chi connectivity index (χ2v) is 6.69. The molecule has 156 valence electrons. The number of methoxy groups -OCH3 is 2. The summed E-state index contributed by atoms with van der Waals surface area (Å²) < 4.78 is 16.9. The smallest absolute Gasteiger partial charge is 0.336 e. The molecule has 6 nitrogen and oxygen atoms in total. The molecule has 0 spiro atoms. The van der Waals surface area contributed by atoms with Crippen LogP contribution in [0.25, 0.3) is 0 Å². The lowest BCUT2D eigenvalue weighted by molar-refractivity contribution is -0.169. The minimum atomic E-state index is -1.83. The second kappa shape index (κ2) is 9.43. The van der Waals surface area contributed by atoms with E-state index in [1.807, 2.05) is 12.1 Å². The minimum absolute atomic E-state index is 0.0362. The average Bonchev–Trinajstić information content (AvgIpc) is 2.80. The predicted molar refractivity (Wildman–Crippen MR) is 112 cm³/mol. The maximum atomic E-state index is 11.9.